The van der Waals surface area contributed by atoms with Crippen LogP contribution in [0.2, 0.25) is 0 Å². The van der Waals surface area contributed by atoms with Crippen molar-refractivity contribution in [2.75, 3.05) is 39.4 Å². The highest BCUT2D eigenvalue weighted by Gasteiger charge is 2.32. The van der Waals surface area contributed by atoms with Gasteiger partial charge in [0, 0.05) is 43.3 Å². The summed E-state index contributed by atoms with van der Waals surface area (Å²) >= 11 is 1.64. The lowest BCUT2D eigenvalue weighted by molar-refractivity contribution is -0.00925. The molecular formula is C17H28N4O2S. The van der Waals surface area contributed by atoms with Crippen molar-refractivity contribution in [1.82, 2.24) is 20.1 Å². The number of nitrogens with one attached hydrogen (secondary N) is 1. The second kappa shape index (κ2) is 7.80. The van der Waals surface area contributed by atoms with Gasteiger partial charge in [0.1, 0.15) is 5.01 Å². The van der Waals surface area contributed by atoms with E-state index in [0.717, 1.165) is 57.1 Å². The van der Waals surface area contributed by atoms with E-state index in [1.54, 1.807) is 11.3 Å². The second-order valence-electron chi connectivity index (χ2n) is 7.15. The van der Waals surface area contributed by atoms with E-state index in [9.17, 15) is 4.79 Å². The van der Waals surface area contributed by atoms with Crippen molar-refractivity contribution >= 4 is 17.4 Å². The van der Waals surface area contributed by atoms with Crippen LogP contribution in [0, 0.1) is 0 Å². The Kier molecular flexibility index (Phi) is 5.73. The van der Waals surface area contributed by atoms with Gasteiger partial charge in [-0.15, -0.1) is 11.3 Å². The zero-order valence-corrected chi connectivity index (χ0v) is 15.5. The quantitative estimate of drug-likeness (QED) is 0.904. The van der Waals surface area contributed by atoms with E-state index in [1.165, 1.54) is 0 Å². The Bertz CT molecular complexity index is 529. The molecule has 3 heterocycles. The number of piperidine rings is 1. The molecule has 2 saturated heterocycles. The molecule has 0 aliphatic carbocycles. The molecule has 2 fully saturated rings. The van der Waals surface area contributed by atoms with Gasteiger partial charge in [-0.1, -0.05) is 0 Å². The molecule has 1 aromatic heterocycles. The fraction of sp³-hybridized carbons (Fsp3) is 0.765. The summed E-state index contributed by atoms with van der Waals surface area (Å²) in [4.78, 5) is 21.6. The first-order chi connectivity index (χ1) is 11.6. The molecule has 0 radical (unpaired) electrons. The monoisotopic (exact) mass is 352 g/mol. The van der Waals surface area contributed by atoms with Crippen LogP contribution in [-0.4, -0.2) is 65.7 Å². The molecule has 6 nitrogen and oxygen atoms in total. The number of ether oxygens (including phenoxy) is 1. The third-order valence-electron chi connectivity index (χ3n) is 5.04. The van der Waals surface area contributed by atoms with Crippen molar-refractivity contribution in [3.63, 3.8) is 0 Å². The molecular weight excluding hydrogens is 324 g/mol. The van der Waals surface area contributed by atoms with E-state index >= 15 is 0 Å². The van der Waals surface area contributed by atoms with Crippen LogP contribution in [0.1, 0.15) is 44.2 Å². The van der Waals surface area contributed by atoms with Crippen LogP contribution in [0.25, 0.3) is 0 Å². The molecule has 0 spiro atoms. The van der Waals surface area contributed by atoms with Crippen LogP contribution >= 0.6 is 11.3 Å². The van der Waals surface area contributed by atoms with Gasteiger partial charge < -0.3 is 15.0 Å². The molecule has 3 rings (SSSR count). The molecule has 7 heteroatoms. The predicted octanol–water partition coefficient (Wildman–Crippen LogP) is 2.49. The standard InChI is InChI=1S/C17H28N4O2S/c1-17(2,20-8-10-23-11-9-20)13-19-16(22)21-7-4-3-5-14(21)15-18-6-12-24-15/h6,12,14H,3-5,7-11,13H2,1-2H3,(H,19,22)/t14-/m1/s1. The second-order valence-corrected chi connectivity index (χ2v) is 8.07. The van der Waals surface area contributed by atoms with E-state index in [1.807, 2.05) is 16.5 Å². The fourth-order valence-electron chi connectivity index (χ4n) is 3.50. The summed E-state index contributed by atoms with van der Waals surface area (Å²) in [7, 11) is 0. The molecule has 0 saturated carbocycles. The van der Waals surface area contributed by atoms with Crippen molar-refractivity contribution in [1.29, 1.82) is 0 Å². The lowest BCUT2D eigenvalue weighted by Crippen LogP contribution is -2.57. The maximum absolute atomic E-state index is 12.8. The van der Waals surface area contributed by atoms with Gasteiger partial charge in [0.15, 0.2) is 0 Å². The topological polar surface area (TPSA) is 57.7 Å². The van der Waals surface area contributed by atoms with Crippen LogP contribution in [-0.2, 0) is 4.74 Å². The zero-order chi connectivity index (χ0) is 17.0. The van der Waals surface area contributed by atoms with E-state index in [-0.39, 0.29) is 17.6 Å². The minimum atomic E-state index is -0.0636. The largest absolute Gasteiger partial charge is 0.379 e. The lowest BCUT2D eigenvalue weighted by Gasteiger charge is -2.42. The first-order valence-corrected chi connectivity index (χ1v) is 9.72. The van der Waals surface area contributed by atoms with Gasteiger partial charge in [-0.05, 0) is 33.1 Å². The molecule has 2 aliphatic rings. The predicted molar refractivity (Wildman–Crippen MR) is 95.3 cm³/mol. The highest BCUT2D eigenvalue weighted by atomic mass is 32.1. The molecule has 1 N–H and O–H groups in total. The van der Waals surface area contributed by atoms with Crippen molar-refractivity contribution in [3.8, 4) is 0 Å². The third-order valence-corrected chi connectivity index (χ3v) is 5.92. The fourth-order valence-corrected chi connectivity index (χ4v) is 4.29. The van der Waals surface area contributed by atoms with E-state index < -0.39 is 0 Å². The molecule has 24 heavy (non-hydrogen) atoms. The van der Waals surface area contributed by atoms with Gasteiger partial charge in [0.25, 0.3) is 0 Å². The Morgan fingerprint density at radius 1 is 1.38 bits per heavy atom. The number of thiazole rings is 1. The normalized spacial score (nSPS) is 23.2. The Morgan fingerprint density at radius 3 is 2.88 bits per heavy atom. The summed E-state index contributed by atoms with van der Waals surface area (Å²) in [6.07, 6.45) is 5.06. The third kappa shape index (κ3) is 4.07. The van der Waals surface area contributed by atoms with Crippen molar-refractivity contribution in [2.45, 2.75) is 44.7 Å². The zero-order valence-electron chi connectivity index (χ0n) is 14.7. The number of hydrogen-bond donors (Lipinski definition) is 1. The van der Waals surface area contributed by atoms with Crippen molar-refractivity contribution in [3.05, 3.63) is 16.6 Å². The molecule has 134 valence electrons. The van der Waals surface area contributed by atoms with Crippen LogP contribution in [0.15, 0.2) is 11.6 Å². The molecule has 2 amide bonds. The van der Waals surface area contributed by atoms with E-state index in [2.05, 4.69) is 29.0 Å². The average molecular weight is 353 g/mol. The highest BCUT2D eigenvalue weighted by molar-refractivity contribution is 7.09. The number of nitrogens with zero attached hydrogens (tertiary/aromatic N) is 3. The Hall–Kier alpha value is -1.18. The minimum absolute atomic E-state index is 0.0382. The number of carbonyl (C=O) groups excluding carboxylic acids is 1. The average Bonchev–Trinajstić information content (AvgIpc) is 3.15. The Balaban J connectivity index is 1.58. The first kappa shape index (κ1) is 17.6. The van der Waals surface area contributed by atoms with Crippen LogP contribution in [0.3, 0.4) is 0 Å². The van der Waals surface area contributed by atoms with Gasteiger partial charge in [-0.3, -0.25) is 4.90 Å². The number of likely N-dealkylation sites (tertiary alicyclic amines) is 1. The summed E-state index contributed by atoms with van der Waals surface area (Å²) in [6, 6.07) is 0.168. The summed E-state index contributed by atoms with van der Waals surface area (Å²) in [5.41, 5.74) is -0.0636. The van der Waals surface area contributed by atoms with Crippen LogP contribution < -0.4 is 5.32 Å². The molecule has 0 unspecified atom stereocenters. The summed E-state index contributed by atoms with van der Waals surface area (Å²) in [6.45, 7) is 9.23. The van der Waals surface area contributed by atoms with Crippen LogP contribution in [0.4, 0.5) is 4.79 Å². The molecule has 0 bridgehead atoms. The summed E-state index contributed by atoms with van der Waals surface area (Å²) in [5.74, 6) is 0. The molecule has 1 atom stereocenters. The van der Waals surface area contributed by atoms with Gasteiger partial charge in [-0.2, -0.15) is 0 Å². The number of morpholine rings is 1. The number of hydrogen-bond acceptors (Lipinski definition) is 5. The Morgan fingerprint density at radius 2 is 2.17 bits per heavy atom. The number of carbonyl (C=O) groups is 1. The number of aromatic nitrogens is 1. The smallest absolute Gasteiger partial charge is 0.318 e. The number of urea groups is 1. The minimum Gasteiger partial charge on any atom is -0.379 e. The molecule has 1 aromatic rings. The first-order valence-electron chi connectivity index (χ1n) is 8.84. The molecule has 0 aromatic carbocycles. The number of amides is 2. The summed E-state index contributed by atoms with van der Waals surface area (Å²) in [5, 5.41) is 6.20. The van der Waals surface area contributed by atoms with Gasteiger partial charge in [0.2, 0.25) is 0 Å². The van der Waals surface area contributed by atoms with Gasteiger partial charge in [-0.25, -0.2) is 9.78 Å². The van der Waals surface area contributed by atoms with Crippen molar-refractivity contribution < 1.29 is 9.53 Å². The maximum atomic E-state index is 12.8. The van der Waals surface area contributed by atoms with E-state index in [4.69, 9.17) is 4.74 Å². The number of rotatable bonds is 4. The Labute approximate surface area is 148 Å². The van der Waals surface area contributed by atoms with E-state index in [0.29, 0.717) is 6.54 Å². The SMILES string of the molecule is CC(C)(CNC(=O)N1CCCC[C@@H]1c1nccs1)N1CCOCC1. The highest BCUT2D eigenvalue weighted by Crippen LogP contribution is 2.32. The van der Waals surface area contributed by atoms with Crippen LogP contribution in [0.5, 0.6) is 0 Å². The van der Waals surface area contributed by atoms with Crippen molar-refractivity contribution in [2.24, 2.45) is 0 Å². The van der Waals surface area contributed by atoms with Gasteiger partial charge >= 0.3 is 6.03 Å². The summed E-state index contributed by atoms with van der Waals surface area (Å²) < 4.78 is 5.43. The van der Waals surface area contributed by atoms with Gasteiger partial charge in [0.05, 0.1) is 19.3 Å². The molecule has 2 aliphatic heterocycles. The maximum Gasteiger partial charge on any atom is 0.318 e. The lowest BCUT2D eigenvalue weighted by atomic mass is 10.0.